The topological polar surface area (TPSA) is 98.8 Å². The van der Waals surface area contributed by atoms with E-state index < -0.39 is 23.5 Å². The van der Waals surface area contributed by atoms with Crippen LogP contribution in [0.15, 0.2) is 30.5 Å². The van der Waals surface area contributed by atoms with Crippen molar-refractivity contribution < 1.29 is 41.4 Å². The van der Waals surface area contributed by atoms with Crippen LogP contribution in [-0.2, 0) is 22.7 Å². The number of alkyl halides is 5. The second-order valence-electron chi connectivity index (χ2n) is 9.44. The van der Waals surface area contributed by atoms with Crippen molar-refractivity contribution in [3.8, 4) is 5.75 Å². The van der Waals surface area contributed by atoms with Gasteiger partial charge in [0.25, 0.3) is 5.92 Å². The predicted octanol–water partition coefficient (Wildman–Crippen LogP) is 4.01. The smallest absolute Gasteiger partial charge is 0.490 e. The Morgan fingerprint density at radius 1 is 1.24 bits per heavy atom. The SMILES string of the molecule is COc1cccc(CN2CCCC3(CN(Cc4cnc(C)[nH]4)CC(F)(F)C3)C2=O)c1.O=C(O)C(F)(F)F. The number of nitrogens with zero attached hydrogens (tertiary/aromatic N) is 3. The molecule has 0 aliphatic carbocycles. The molecule has 1 spiro atoms. The molecule has 37 heavy (non-hydrogen) atoms. The second-order valence-corrected chi connectivity index (χ2v) is 9.44. The Bertz CT molecular complexity index is 1110. The summed E-state index contributed by atoms with van der Waals surface area (Å²) in [6.07, 6.45) is -2.57. The van der Waals surface area contributed by atoms with Crippen molar-refractivity contribution in [2.75, 3.05) is 26.7 Å². The Morgan fingerprint density at radius 3 is 2.54 bits per heavy atom. The van der Waals surface area contributed by atoms with E-state index in [0.717, 1.165) is 29.3 Å². The molecule has 2 aliphatic rings. The first kappa shape index (κ1) is 28.4. The number of carbonyl (C=O) groups excluding carboxylic acids is 1. The lowest BCUT2D eigenvalue weighted by molar-refractivity contribution is -0.192. The van der Waals surface area contributed by atoms with Crippen LogP contribution in [0.2, 0.25) is 0 Å². The fraction of sp³-hybridized carbons (Fsp3) is 0.542. The Balaban J connectivity index is 0.000000479. The minimum Gasteiger partial charge on any atom is -0.497 e. The lowest BCUT2D eigenvalue weighted by Gasteiger charge is -2.49. The van der Waals surface area contributed by atoms with E-state index in [0.29, 0.717) is 32.6 Å². The Morgan fingerprint density at radius 2 is 1.95 bits per heavy atom. The van der Waals surface area contributed by atoms with Gasteiger partial charge in [0, 0.05) is 44.5 Å². The van der Waals surface area contributed by atoms with Crippen molar-refractivity contribution in [1.29, 1.82) is 0 Å². The lowest BCUT2D eigenvalue weighted by Crippen LogP contribution is -2.60. The van der Waals surface area contributed by atoms with Crippen LogP contribution in [0.4, 0.5) is 22.0 Å². The molecular weight excluding hydrogens is 503 g/mol. The summed E-state index contributed by atoms with van der Waals surface area (Å²) in [4.78, 5) is 33.0. The molecule has 2 aromatic rings. The number of carbonyl (C=O) groups is 2. The van der Waals surface area contributed by atoms with Crippen molar-refractivity contribution in [2.24, 2.45) is 5.41 Å². The van der Waals surface area contributed by atoms with Crippen LogP contribution in [0.25, 0.3) is 0 Å². The third-order valence-electron chi connectivity index (χ3n) is 6.30. The van der Waals surface area contributed by atoms with Gasteiger partial charge >= 0.3 is 12.1 Å². The molecule has 3 heterocycles. The number of aromatic nitrogens is 2. The lowest BCUT2D eigenvalue weighted by atomic mass is 9.71. The van der Waals surface area contributed by atoms with E-state index in [9.17, 15) is 26.7 Å². The molecular formula is C24H29F5N4O4. The molecule has 1 aromatic carbocycles. The molecule has 2 N–H and O–H groups in total. The van der Waals surface area contributed by atoms with Crippen molar-refractivity contribution in [2.45, 2.75) is 51.4 Å². The molecule has 2 fully saturated rings. The number of ether oxygens (including phenoxy) is 1. The van der Waals surface area contributed by atoms with Gasteiger partial charge in [-0.25, -0.2) is 18.6 Å². The van der Waals surface area contributed by atoms with E-state index in [1.807, 2.05) is 31.2 Å². The number of imidazole rings is 1. The molecule has 2 saturated heterocycles. The van der Waals surface area contributed by atoms with Gasteiger partial charge < -0.3 is 19.7 Å². The van der Waals surface area contributed by atoms with E-state index in [1.165, 1.54) is 0 Å². The Kier molecular flexibility index (Phi) is 8.45. The van der Waals surface area contributed by atoms with Crippen LogP contribution in [0.1, 0.15) is 36.3 Å². The number of H-pyrrole nitrogens is 1. The van der Waals surface area contributed by atoms with Crippen molar-refractivity contribution in [3.63, 3.8) is 0 Å². The van der Waals surface area contributed by atoms with Gasteiger partial charge in [-0.05, 0) is 37.5 Å². The standard InChI is InChI=1S/C22H28F2N4O2.C2HF3O2/c1-16-25-10-18(26-16)12-27-14-21(13-22(23,24)15-27)7-4-8-28(20(21)29)11-17-5-3-6-19(9-17)30-2;3-2(4,5)1(6)7/h3,5-6,9-10H,4,7-8,11-15H2,1-2H3,(H,25,26);(H,6,7). The number of piperidine rings is 2. The highest BCUT2D eigenvalue weighted by atomic mass is 19.4. The number of methoxy groups -OCH3 is 1. The first-order valence-electron chi connectivity index (χ1n) is 11.6. The summed E-state index contributed by atoms with van der Waals surface area (Å²) in [5.74, 6) is -4.35. The first-order valence-corrected chi connectivity index (χ1v) is 11.6. The zero-order chi connectivity index (χ0) is 27.4. The number of aryl methyl sites for hydroxylation is 1. The third-order valence-corrected chi connectivity index (χ3v) is 6.30. The number of carboxylic acids is 1. The van der Waals surface area contributed by atoms with Crippen molar-refractivity contribution in [1.82, 2.24) is 19.8 Å². The average molecular weight is 533 g/mol. The molecule has 1 atom stereocenters. The van der Waals surface area contributed by atoms with Crippen molar-refractivity contribution in [3.05, 3.63) is 47.5 Å². The zero-order valence-corrected chi connectivity index (χ0v) is 20.4. The van der Waals surface area contributed by atoms with Crippen molar-refractivity contribution >= 4 is 11.9 Å². The van der Waals surface area contributed by atoms with Gasteiger partial charge in [0.1, 0.15) is 11.6 Å². The zero-order valence-electron chi connectivity index (χ0n) is 20.4. The van der Waals surface area contributed by atoms with E-state index >= 15 is 0 Å². The van der Waals surface area contributed by atoms with E-state index in [-0.39, 0.29) is 18.9 Å². The maximum absolute atomic E-state index is 14.8. The number of amides is 1. The minimum atomic E-state index is -5.08. The molecule has 1 unspecified atom stereocenters. The van der Waals surface area contributed by atoms with Crippen LogP contribution in [0, 0.1) is 12.3 Å². The van der Waals surface area contributed by atoms with Crippen LogP contribution in [-0.4, -0.2) is 75.6 Å². The molecule has 1 amide bonds. The number of nitrogens with one attached hydrogen (secondary N) is 1. The summed E-state index contributed by atoms with van der Waals surface area (Å²) in [7, 11) is 1.60. The summed E-state index contributed by atoms with van der Waals surface area (Å²) in [6, 6.07) is 7.54. The number of benzene rings is 1. The van der Waals surface area contributed by atoms with Gasteiger partial charge in [0.05, 0.1) is 19.1 Å². The molecule has 0 saturated carbocycles. The van der Waals surface area contributed by atoms with E-state index in [1.54, 1.807) is 23.1 Å². The van der Waals surface area contributed by atoms with E-state index in [2.05, 4.69) is 9.97 Å². The normalized spacial score (nSPS) is 21.9. The van der Waals surface area contributed by atoms with Gasteiger partial charge in [0.15, 0.2) is 0 Å². The number of hydrogen-bond acceptors (Lipinski definition) is 5. The summed E-state index contributed by atoms with van der Waals surface area (Å²) in [5.41, 5.74) is 0.678. The fourth-order valence-corrected chi connectivity index (χ4v) is 4.93. The molecule has 204 valence electrons. The number of rotatable bonds is 5. The molecule has 13 heteroatoms. The Labute approximate surface area is 210 Å². The maximum atomic E-state index is 14.8. The highest BCUT2D eigenvalue weighted by Crippen LogP contribution is 2.45. The number of aromatic amines is 1. The Hall–Kier alpha value is -3.22. The minimum absolute atomic E-state index is 0.165. The number of likely N-dealkylation sites (tertiary alicyclic amines) is 2. The largest absolute Gasteiger partial charge is 0.497 e. The monoisotopic (exact) mass is 532 g/mol. The van der Waals surface area contributed by atoms with E-state index in [4.69, 9.17) is 14.6 Å². The van der Waals surface area contributed by atoms with Crippen LogP contribution < -0.4 is 4.74 Å². The number of carboxylic acid groups (broad SMARTS) is 1. The molecule has 4 rings (SSSR count). The fourth-order valence-electron chi connectivity index (χ4n) is 4.93. The van der Waals surface area contributed by atoms with Gasteiger partial charge in [-0.3, -0.25) is 9.69 Å². The first-order chi connectivity index (χ1) is 17.2. The molecule has 1 aromatic heterocycles. The average Bonchev–Trinajstić information content (AvgIpc) is 3.20. The molecule has 2 aliphatic heterocycles. The van der Waals surface area contributed by atoms with Gasteiger partial charge in [-0.1, -0.05) is 12.1 Å². The summed E-state index contributed by atoms with van der Waals surface area (Å²) >= 11 is 0. The summed E-state index contributed by atoms with van der Waals surface area (Å²) < 4.78 is 66.5. The predicted molar refractivity (Wildman–Crippen MR) is 122 cm³/mol. The summed E-state index contributed by atoms with van der Waals surface area (Å²) in [5, 5.41) is 7.12. The van der Waals surface area contributed by atoms with Crippen LogP contribution >= 0.6 is 0 Å². The maximum Gasteiger partial charge on any atom is 0.490 e. The molecule has 0 bridgehead atoms. The van der Waals surface area contributed by atoms with Crippen LogP contribution in [0.5, 0.6) is 5.75 Å². The number of halogens is 5. The molecule has 0 radical (unpaired) electrons. The summed E-state index contributed by atoms with van der Waals surface area (Å²) in [6.45, 7) is 3.16. The highest BCUT2D eigenvalue weighted by molar-refractivity contribution is 5.84. The number of aliphatic carboxylic acids is 1. The third kappa shape index (κ3) is 7.40. The van der Waals surface area contributed by atoms with Gasteiger partial charge in [-0.2, -0.15) is 13.2 Å². The van der Waals surface area contributed by atoms with Crippen LogP contribution in [0.3, 0.4) is 0 Å². The quantitative estimate of drug-likeness (QED) is 0.565. The van der Waals surface area contributed by atoms with Gasteiger partial charge in [0.2, 0.25) is 5.91 Å². The number of hydrogen-bond donors (Lipinski definition) is 2. The highest BCUT2D eigenvalue weighted by Gasteiger charge is 2.55. The molecule has 8 nitrogen and oxygen atoms in total. The van der Waals surface area contributed by atoms with Gasteiger partial charge in [-0.15, -0.1) is 0 Å². The second kappa shape index (κ2) is 11.0.